The lowest BCUT2D eigenvalue weighted by Crippen LogP contribution is -2.54. The molecule has 140 valence electrons. The summed E-state index contributed by atoms with van der Waals surface area (Å²) in [7, 11) is 1.72. The molecule has 0 amide bonds. The van der Waals surface area contributed by atoms with E-state index in [4.69, 9.17) is 4.74 Å². The smallest absolute Gasteiger partial charge is 0.120 e. The second-order valence-electron chi connectivity index (χ2n) is 8.41. The second-order valence-corrected chi connectivity index (χ2v) is 8.41. The molecule has 1 unspecified atom stereocenters. The predicted molar refractivity (Wildman–Crippen MR) is 102 cm³/mol. The zero-order valence-corrected chi connectivity index (χ0v) is 15.6. The van der Waals surface area contributed by atoms with Crippen LogP contribution in [0.1, 0.15) is 43.4 Å². The Kier molecular flexibility index (Phi) is 3.99. The summed E-state index contributed by atoms with van der Waals surface area (Å²) < 4.78 is 5.40. The van der Waals surface area contributed by atoms with E-state index >= 15 is 0 Å². The minimum Gasteiger partial charge on any atom is -0.497 e. The number of aromatic amines is 1. The number of hydrogen-bond acceptors (Lipinski definition) is 4. The molecular formula is C21H29N3O2. The SMILES string of the molecule is COc1ccc2c3c([nH]c2c1)CNCC31CCN(C(O)C2CCC2)CC1. The van der Waals surface area contributed by atoms with Gasteiger partial charge in [0.05, 0.1) is 7.11 Å². The number of aliphatic hydroxyl groups excluding tert-OH is 1. The summed E-state index contributed by atoms with van der Waals surface area (Å²) in [5.41, 5.74) is 4.18. The van der Waals surface area contributed by atoms with Crippen LogP contribution in [0.4, 0.5) is 0 Å². The highest BCUT2D eigenvalue weighted by molar-refractivity contribution is 5.87. The van der Waals surface area contributed by atoms with Gasteiger partial charge in [0.15, 0.2) is 0 Å². The standard InChI is InChI=1S/C21H29N3O2/c1-26-15-5-6-16-17(11-15)23-18-12-22-13-21(19(16)18)7-9-24(10-8-21)20(25)14-3-2-4-14/h5-6,11,14,20,22-23,25H,2-4,7-10,12-13H2,1H3. The molecule has 5 nitrogen and oxygen atoms in total. The molecule has 1 saturated heterocycles. The average molecular weight is 355 g/mol. The predicted octanol–water partition coefficient (Wildman–Crippen LogP) is 2.73. The Hall–Kier alpha value is -1.56. The van der Waals surface area contributed by atoms with Gasteiger partial charge in [-0.3, -0.25) is 4.90 Å². The summed E-state index contributed by atoms with van der Waals surface area (Å²) in [6.07, 6.45) is 5.65. The minimum atomic E-state index is -0.232. The molecule has 1 spiro atoms. The van der Waals surface area contributed by atoms with Crippen molar-refractivity contribution in [3.63, 3.8) is 0 Å². The van der Waals surface area contributed by atoms with Crippen molar-refractivity contribution in [1.82, 2.24) is 15.2 Å². The maximum Gasteiger partial charge on any atom is 0.120 e. The van der Waals surface area contributed by atoms with E-state index in [0.29, 0.717) is 5.92 Å². The molecule has 3 N–H and O–H groups in total. The average Bonchev–Trinajstić information content (AvgIpc) is 3.00. The van der Waals surface area contributed by atoms with Gasteiger partial charge < -0.3 is 20.1 Å². The van der Waals surface area contributed by atoms with Gasteiger partial charge in [0.25, 0.3) is 0 Å². The highest BCUT2D eigenvalue weighted by Gasteiger charge is 2.43. The fourth-order valence-corrected chi connectivity index (χ4v) is 5.29. The number of aromatic nitrogens is 1. The third-order valence-electron chi connectivity index (χ3n) is 7.08. The summed E-state index contributed by atoms with van der Waals surface area (Å²) in [5.74, 6) is 1.40. The van der Waals surface area contributed by atoms with Gasteiger partial charge in [-0.15, -0.1) is 0 Å². The first-order valence-electron chi connectivity index (χ1n) is 10.0. The number of hydrogen-bond donors (Lipinski definition) is 3. The Morgan fingerprint density at radius 1 is 1.27 bits per heavy atom. The normalized spacial score (nSPS) is 24.4. The first-order chi connectivity index (χ1) is 12.7. The third-order valence-corrected chi connectivity index (χ3v) is 7.08. The Labute approximate surface area is 154 Å². The third kappa shape index (κ3) is 2.48. The molecule has 26 heavy (non-hydrogen) atoms. The van der Waals surface area contributed by atoms with Gasteiger partial charge >= 0.3 is 0 Å². The molecule has 5 heteroatoms. The van der Waals surface area contributed by atoms with Crippen LogP contribution < -0.4 is 10.1 Å². The number of likely N-dealkylation sites (tertiary alicyclic amines) is 1. The molecule has 5 rings (SSSR count). The van der Waals surface area contributed by atoms with E-state index in [1.807, 2.05) is 0 Å². The molecule has 0 bridgehead atoms. The van der Waals surface area contributed by atoms with E-state index in [0.717, 1.165) is 44.8 Å². The van der Waals surface area contributed by atoms with Crippen LogP contribution in [0.3, 0.4) is 0 Å². The van der Waals surface area contributed by atoms with Gasteiger partial charge in [-0.1, -0.05) is 6.42 Å². The van der Waals surface area contributed by atoms with Gasteiger partial charge in [0.1, 0.15) is 12.0 Å². The number of nitrogens with zero attached hydrogens (tertiary/aromatic N) is 1. The molecule has 3 aliphatic rings. The summed E-state index contributed by atoms with van der Waals surface area (Å²) in [4.78, 5) is 5.95. The van der Waals surface area contributed by atoms with Crippen molar-refractivity contribution in [3.05, 3.63) is 29.5 Å². The van der Waals surface area contributed by atoms with E-state index < -0.39 is 0 Å². The molecule has 3 heterocycles. The molecule has 2 aromatic rings. The Balaban J connectivity index is 1.44. The number of aliphatic hydroxyl groups is 1. The molecule has 1 saturated carbocycles. The van der Waals surface area contributed by atoms with Crippen LogP contribution >= 0.6 is 0 Å². The van der Waals surface area contributed by atoms with Crippen molar-refractivity contribution in [1.29, 1.82) is 0 Å². The topological polar surface area (TPSA) is 60.5 Å². The molecule has 1 atom stereocenters. The first-order valence-corrected chi connectivity index (χ1v) is 10.0. The van der Waals surface area contributed by atoms with E-state index in [1.165, 1.54) is 41.4 Å². The van der Waals surface area contributed by atoms with Crippen molar-refractivity contribution >= 4 is 10.9 Å². The number of benzene rings is 1. The summed E-state index contributed by atoms with van der Waals surface area (Å²) >= 11 is 0. The maximum absolute atomic E-state index is 10.7. The van der Waals surface area contributed by atoms with Crippen LogP contribution in [0, 0.1) is 5.92 Å². The van der Waals surface area contributed by atoms with Crippen LogP contribution in [-0.2, 0) is 12.0 Å². The molecule has 1 aromatic heterocycles. The molecule has 1 aromatic carbocycles. The van der Waals surface area contributed by atoms with E-state index in [2.05, 4.69) is 33.4 Å². The lowest BCUT2D eigenvalue weighted by Gasteiger charge is -2.47. The van der Waals surface area contributed by atoms with Crippen LogP contribution in [-0.4, -0.2) is 48.0 Å². The quantitative estimate of drug-likeness (QED) is 0.792. The lowest BCUT2D eigenvalue weighted by molar-refractivity contribution is -0.0800. The van der Waals surface area contributed by atoms with E-state index in [9.17, 15) is 5.11 Å². The molecule has 1 aliphatic carbocycles. The van der Waals surface area contributed by atoms with Gasteiger partial charge in [0.2, 0.25) is 0 Å². The molecular weight excluding hydrogens is 326 g/mol. The van der Waals surface area contributed by atoms with Crippen molar-refractivity contribution < 1.29 is 9.84 Å². The Morgan fingerprint density at radius 3 is 2.77 bits per heavy atom. The largest absolute Gasteiger partial charge is 0.497 e. The number of nitrogens with one attached hydrogen (secondary N) is 2. The number of methoxy groups -OCH3 is 1. The zero-order valence-electron chi connectivity index (χ0n) is 15.6. The molecule has 2 aliphatic heterocycles. The molecule has 2 fully saturated rings. The second kappa shape index (κ2) is 6.25. The first kappa shape index (κ1) is 16.6. The number of piperidine rings is 1. The van der Waals surface area contributed by atoms with Crippen molar-refractivity contribution in [2.45, 2.75) is 50.3 Å². The Bertz CT molecular complexity index is 803. The summed E-state index contributed by atoms with van der Waals surface area (Å²) in [6.45, 7) is 3.91. The van der Waals surface area contributed by atoms with Crippen molar-refractivity contribution in [2.75, 3.05) is 26.7 Å². The number of ether oxygens (including phenoxy) is 1. The number of fused-ring (bicyclic) bond motifs is 4. The van der Waals surface area contributed by atoms with Gasteiger partial charge in [-0.2, -0.15) is 0 Å². The maximum atomic E-state index is 10.7. The van der Waals surface area contributed by atoms with Crippen LogP contribution in [0.5, 0.6) is 5.75 Å². The van der Waals surface area contributed by atoms with Gasteiger partial charge in [-0.05, 0) is 49.3 Å². The van der Waals surface area contributed by atoms with Gasteiger partial charge in [0, 0.05) is 54.3 Å². The summed E-state index contributed by atoms with van der Waals surface area (Å²) in [6, 6.07) is 6.39. The molecule has 0 radical (unpaired) electrons. The van der Waals surface area contributed by atoms with E-state index in [1.54, 1.807) is 7.11 Å². The fraction of sp³-hybridized carbons (Fsp3) is 0.619. The Morgan fingerprint density at radius 2 is 2.08 bits per heavy atom. The van der Waals surface area contributed by atoms with Crippen LogP contribution in [0.25, 0.3) is 10.9 Å². The fourth-order valence-electron chi connectivity index (χ4n) is 5.29. The highest BCUT2D eigenvalue weighted by Crippen LogP contribution is 2.44. The van der Waals surface area contributed by atoms with Crippen LogP contribution in [0.15, 0.2) is 18.2 Å². The number of H-pyrrole nitrogens is 1. The number of rotatable bonds is 3. The minimum absolute atomic E-state index is 0.177. The zero-order chi connectivity index (χ0) is 17.7. The lowest BCUT2D eigenvalue weighted by atomic mass is 9.69. The summed E-state index contributed by atoms with van der Waals surface area (Å²) in [5, 5.41) is 15.6. The van der Waals surface area contributed by atoms with Crippen molar-refractivity contribution in [3.8, 4) is 5.75 Å². The van der Waals surface area contributed by atoms with Crippen LogP contribution in [0.2, 0.25) is 0 Å². The van der Waals surface area contributed by atoms with Crippen molar-refractivity contribution in [2.24, 2.45) is 5.92 Å². The van der Waals surface area contributed by atoms with E-state index in [-0.39, 0.29) is 11.6 Å². The van der Waals surface area contributed by atoms with Gasteiger partial charge in [-0.25, -0.2) is 0 Å². The monoisotopic (exact) mass is 355 g/mol. The highest BCUT2D eigenvalue weighted by atomic mass is 16.5.